The van der Waals surface area contributed by atoms with E-state index in [-0.39, 0.29) is 0 Å². The maximum Gasteiger partial charge on any atom is 0.159 e. The van der Waals surface area contributed by atoms with Crippen LogP contribution in [0.3, 0.4) is 0 Å². The van der Waals surface area contributed by atoms with Crippen molar-refractivity contribution in [2.75, 3.05) is 5.73 Å². The Kier molecular flexibility index (Phi) is 4.63. The summed E-state index contributed by atoms with van der Waals surface area (Å²) in [4.78, 5) is 8.80. The van der Waals surface area contributed by atoms with Crippen LogP contribution in [-0.4, -0.2) is 29.2 Å². The van der Waals surface area contributed by atoms with Crippen molar-refractivity contribution < 1.29 is 0 Å². The van der Waals surface area contributed by atoms with Gasteiger partial charge in [-0.2, -0.15) is 14.7 Å². The Hall–Kier alpha value is -2.96. The fourth-order valence-corrected chi connectivity index (χ4v) is 3.03. The third-order valence-electron chi connectivity index (χ3n) is 5.27. The van der Waals surface area contributed by atoms with E-state index in [1.807, 2.05) is 45.3 Å². The van der Waals surface area contributed by atoms with Crippen molar-refractivity contribution in [2.45, 2.75) is 55.4 Å². The second kappa shape index (κ2) is 6.64. The number of imidazole rings is 2. The largest absolute Gasteiger partial charge is 0.382 e. The van der Waals surface area contributed by atoms with Crippen molar-refractivity contribution >= 4 is 17.1 Å². The zero-order chi connectivity index (χ0) is 20.0. The lowest BCUT2D eigenvalue weighted by molar-refractivity contribution is 0.879. The van der Waals surface area contributed by atoms with Crippen molar-refractivity contribution in [2.24, 2.45) is 0 Å². The van der Waals surface area contributed by atoms with Crippen LogP contribution < -0.4 is 5.73 Å². The average molecular weight is 365 g/mol. The van der Waals surface area contributed by atoms with Gasteiger partial charge in [-0.05, 0) is 77.6 Å². The van der Waals surface area contributed by atoms with E-state index in [0.29, 0.717) is 5.82 Å². The normalized spacial score (nSPS) is 11.1. The molecule has 7 heteroatoms. The monoisotopic (exact) mass is 365 g/mol. The first-order valence-electron chi connectivity index (χ1n) is 9.00. The van der Waals surface area contributed by atoms with Gasteiger partial charge in [0.25, 0.3) is 0 Å². The average Bonchev–Trinajstić information content (AvgIpc) is 3.12. The van der Waals surface area contributed by atoms with Crippen LogP contribution in [0.4, 0.5) is 5.82 Å². The van der Waals surface area contributed by atoms with Gasteiger partial charge >= 0.3 is 0 Å². The summed E-state index contributed by atoms with van der Waals surface area (Å²) in [5, 5.41) is 8.80. The maximum absolute atomic E-state index is 5.86. The zero-order valence-corrected chi connectivity index (χ0v) is 17.3. The van der Waals surface area contributed by atoms with Crippen molar-refractivity contribution in [3.8, 4) is 0 Å². The smallest absolute Gasteiger partial charge is 0.159 e. The van der Waals surface area contributed by atoms with Crippen molar-refractivity contribution in [1.29, 1.82) is 0 Å². The highest BCUT2D eigenvalue weighted by atomic mass is 15.3. The molecule has 0 aliphatic carbocycles. The van der Waals surface area contributed by atoms with E-state index in [4.69, 9.17) is 5.73 Å². The zero-order valence-electron chi connectivity index (χ0n) is 17.3. The fraction of sp³-hybridized carbons (Fsp3) is 0.400. The molecule has 0 aliphatic rings. The number of nitrogens with zero attached hydrogens (tertiary/aromatic N) is 6. The molecule has 0 spiro atoms. The molecule has 0 aliphatic heterocycles. The van der Waals surface area contributed by atoms with Gasteiger partial charge in [-0.15, -0.1) is 0 Å². The molecule has 27 heavy (non-hydrogen) atoms. The minimum absolute atomic E-state index is 0.631. The standard InChI is InChI=1S/C10H14N4.C10H13N3/c1-5-6(2)10-12-8(4)9(11)14(10)13-7(5)3;1-6-5-13-10(11-6)8(3)7(2)9(4)12-13/h11H2,1-4H3;5H,1-4H3. The molecule has 0 amide bonds. The molecule has 4 aromatic rings. The van der Waals surface area contributed by atoms with Gasteiger partial charge in [0.1, 0.15) is 5.82 Å². The molecule has 4 rings (SSSR count). The second-order valence-corrected chi connectivity index (χ2v) is 7.14. The summed E-state index contributed by atoms with van der Waals surface area (Å²) in [7, 11) is 0. The van der Waals surface area contributed by atoms with Gasteiger partial charge in [0.15, 0.2) is 11.3 Å². The van der Waals surface area contributed by atoms with Gasteiger partial charge in [0, 0.05) is 0 Å². The van der Waals surface area contributed by atoms with Crippen LogP contribution >= 0.6 is 0 Å². The number of rotatable bonds is 0. The summed E-state index contributed by atoms with van der Waals surface area (Å²) >= 11 is 0. The molecule has 0 radical (unpaired) electrons. The molecule has 0 saturated carbocycles. The van der Waals surface area contributed by atoms with Crippen LogP contribution in [0.15, 0.2) is 6.20 Å². The lowest BCUT2D eigenvalue weighted by Crippen LogP contribution is -2.03. The molecule has 7 nitrogen and oxygen atoms in total. The predicted octanol–water partition coefficient (Wildman–Crippen LogP) is 3.51. The Morgan fingerprint density at radius 1 is 0.667 bits per heavy atom. The molecular formula is C20H27N7. The third-order valence-corrected chi connectivity index (χ3v) is 5.27. The van der Waals surface area contributed by atoms with Crippen LogP contribution in [0.2, 0.25) is 0 Å². The number of aromatic nitrogens is 6. The first kappa shape index (κ1) is 18.8. The Labute approximate surface area is 159 Å². The van der Waals surface area contributed by atoms with Crippen molar-refractivity contribution in [3.63, 3.8) is 0 Å². The van der Waals surface area contributed by atoms with Crippen LogP contribution in [0.1, 0.15) is 45.0 Å². The van der Waals surface area contributed by atoms with E-state index in [1.165, 1.54) is 16.7 Å². The number of hydrogen-bond acceptors (Lipinski definition) is 5. The Morgan fingerprint density at radius 2 is 1.22 bits per heavy atom. The Balaban J connectivity index is 0.000000156. The highest BCUT2D eigenvalue weighted by Crippen LogP contribution is 2.20. The highest BCUT2D eigenvalue weighted by Gasteiger charge is 2.11. The van der Waals surface area contributed by atoms with E-state index in [1.54, 1.807) is 4.52 Å². The molecule has 0 atom stereocenters. The van der Waals surface area contributed by atoms with Crippen LogP contribution in [0.25, 0.3) is 11.3 Å². The molecule has 142 valence electrons. The van der Waals surface area contributed by atoms with E-state index in [2.05, 4.69) is 40.9 Å². The number of nitrogens with two attached hydrogens (primary N) is 1. The summed E-state index contributed by atoms with van der Waals surface area (Å²) in [6.07, 6.45) is 1.95. The third kappa shape index (κ3) is 3.13. The van der Waals surface area contributed by atoms with Gasteiger partial charge in [-0.25, -0.2) is 14.5 Å². The molecule has 0 bridgehead atoms. The van der Waals surface area contributed by atoms with E-state index >= 15 is 0 Å². The maximum atomic E-state index is 5.86. The van der Waals surface area contributed by atoms with E-state index < -0.39 is 0 Å². The lowest BCUT2D eigenvalue weighted by Gasteiger charge is -2.05. The number of fused-ring (bicyclic) bond motifs is 2. The number of anilines is 1. The molecule has 4 aromatic heterocycles. The summed E-state index contributed by atoms with van der Waals surface area (Å²) in [5.41, 5.74) is 16.4. The van der Waals surface area contributed by atoms with E-state index in [9.17, 15) is 0 Å². The predicted molar refractivity (Wildman–Crippen MR) is 108 cm³/mol. The summed E-state index contributed by atoms with van der Waals surface area (Å²) in [5.74, 6) is 0.631. The van der Waals surface area contributed by atoms with Gasteiger partial charge in [-0.1, -0.05) is 0 Å². The first-order valence-corrected chi connectivity index (χ1v) is 9.00. The SMILES string of the molecule is Cc1cn2nc(C)c(C)c(C)c2n1.Cc1nn2c(N)c(C)nc2c(C)c1C. The number of nitrogen functional groups attached to an aromatic ring is 1. The van der Waals surface area contributed by atoms with Crippen molar-refractivity contribution in [3.05, 3.63) is 51.2 Å². The Morgan fingerprint density at radius 3 is 1.85 bits per heavy atom. The van der Waals surface area contributed by atoms with Crippen LogP contribution in [0.5, 0.6) is 0 Å². The topological polar surface area (TPSA) is 86.4 Å². The molecule has 2 N–H and O–H groups in total. The molecule has 0 unspecified atom stereocenters. The summed E-state index contributed by atoms with van der Waals surface area (Å²) in [6, 6.07) is 0. The Bertz CT molecular complexity index is 1160. The second-order valence-electron chi connectivity index (χ2n) is 7.14. The van der Waals surface area contributed by atoms with Crippen LogP contribution in [-0.2, 0) is 0 Å². The quantitative estimate of drug-likeness (QED) is 0.515. The minimum Gasteiger partial charge on any atom is -0.382 e. The highest BCUT2D eigenvalue weighted by molar-refractivity contribution is 5.58. The lowest BCUT2D eigenvalue weighted by atomic mass is 10.1. The summed E-state index contributed by atoms with van der Waals surface area (Å²) in [6.45, 7) is 16.2. The first-order chi connectivity index (χ1) is 12.6. The molecule has 0 saturated heterocycles. The molecule has 0 aromatic carbocycles. The molecular weight excluding hydrogens is 338 g/mol. The molecule has 0 fully saturated rings. The van der Waals surface area contributed by atoms with Crippen LogP contribution in [0, 0.1) is 55.4 Å². The van der Waals surface area contributed by atoms with Gasteiger partial charge < -0.3 is 5.73 Å². The minimum atomic E-state index is 0.631. The fourth-order valence-electron chi connectivity index (χ4n) is 3.03. The van der Waals surface area contributed by atoms with E-state index in [0.717, 1.165) is 39.6 Å². The number of hydrogen-bond donors (Lipinski definition) is 1. The van der Waals surface area contributed by atoms with Gasteiger partial charge in [0.2, 0.25) is 0 Å². The van der Waals surface area contributed by atoms with Gasteiger partial charge in [0.05, 0.1) is 29.0 Å². The summed E-state index contributed by atoms with van der Waals surface area (Å²) < 4.78 is 3.57. The van der Waals surface area contributed by atoms with Gasteiger partial charge in [-0.3, -0.25) is 0 Å². The number of aryl methyl sites for hydroxylation is 6. The molecule has 4 heterocycles. The van der Waals surface area contributed by atoms with Crippen molar-refractivity contribution in [1.82, 2.24) is 29.2 Å².